The summed E-state index contributed by atoms with van der Waals surface area (Å²) in [6.07, 6.45) is 5.09. The second-order valence-corrected chi connectivity index (χ2v) is 6.95. The lowest BCUT2D eigenvalue weighted by atomic mass is 9.68. The van der Waals surface area contributed by atoms with E-state index in [9.17, 15) is 5.11 Å². The molecule has 0 aromatic rings. The first-order chi connectivity index (χ1) is 9.43. The van der Waals surface area contributed by atoms with Crippen LogP contribution in [0, 0.1) is 23.2 Å². The highest BCUT2D eigenvalue weighted by Gasteiger charge is 2.50. The molecule has 0 spiro atoms. The van der Waals surface area contributed by atoms with E-state index in [0.29, 0.717) is 0 Å². The largest absolute Gasteiger partial charge is 0.393 e. The molecular formula is C17H30O3. The van der Waals surface area contributed by atoms with Gasteiger partial charge in [0.15, 0.2) is 6.29 Å². The Labute approximate surface area is 123 Å². The molecule has 2 aliphatic rings. The second-order valence-electron chi connectivity index (χ2n) is 6.95. The maximum Gasteiger partial charge on any atom is 0.161 e. The van der Waals surface area contributed by atoms with Crippen LogP contribution in [0.2, 0.25) is 0 Å². The third-order valence-electron chi connectivity index (χ3n) is 6.02. The molecule has 2 aliphatic carbocycles. The van der Waals surface area contributed by atoms with Gasteiger partial charge in [-0.25, -0.2) is 0 Å². The number of aliphatic hydroxyl groups excluding tert-OH is 1. The van der Waals surface area contributed by atoms with Gasteiger partial charge in [-0.2, -0.15) is 0 Å². The maximum atomic E-state index is 10.4. The molecule has 0 aliphatic heterocycles. The number of hydrogen-bond donors (Lipinski definition) is 1. The summed E-state index contributed by atoms with van der Waals surface area (Å²) >= 11 is 0. The van der Waals surface area contributed by atoms with Crippen LogP contribution in [0.25, 0.3) is 0 Å². The normalized spacial score (nSPS) is 35.8. The number of ether oxygens (including phenoxy) is 2. The lowest BCUT2D eigenvalue weighted by Gasteiger charge is -2.37. The molecule has 20 heavy (non-hydrogen) atoms. The van der Waals surface area contributed by atoms with Crippen molar-refractivity contribution >= 4 is 0 Å². The first-order valence-electron chi connectivity index (χ1n) is 7.87. The van der Waals surface area contributed by atoms with Gasteiger partial charge in [0.05, 0.1) is 6.10 Å². The Balaban J connectivity index is 1.90. The van der Waals surface area contributed by atoms with Gasteiger partial charge in [0.25, 0.3) is 0 Å². The number of methoxy groups -OCH3 is 2. The molecule has 116 valence electrons. The van der Waals surface area contributed by atoms with E-state index in [1.54, 1.807) is 14.2 Å². The average Bonchev–Trinajstić information content (AvgIpc) is 3.01. The molecule has 2 rings (SSSR count). The van der Waals surface area contributed by atoms with Crippen LogP contribution in [0.4, 0.5) is 0 Å². The molecule has 3 nitrogen and oxygen atoms in total. The highest BCUT2D eigenvalue weighted by Crippen LogP contribution is 2.60. The molecular weight excluding hydrogens is 252 g/mol. The van der Waals surface area contributed by atoms with Gasteiger partial charge in [-0.3, -0.25) is 0 Å². The molecule has 2 bridgehead atoms. The van der Waals surface area contributed by atoms with Crippen molar-refractivity contribution in [2.45, 2.75) is 58.3 Å². The number of rotatable bonds is 7. The summed E-state index contributed by atoms with van der Waals surface area (Å²) in [5.41, 5.74) is 1.67. The minimum absolute atomic E-state index is 0.0135. The molecule has 2 unspecified atom stereocenters. The van der Waals surface area contributed by atoms with E-state index in [1.807, 2.05) is 6.92 Å². The summed E-state index contributed by atoms with van der Waals surface area (Å²) in [4.78, 5) is 0. The highest BCUT2D eigenvalue weighted by atomic mass is 16.7. The zero-order valence-corrected chi connectivity index (χ0v) is 13.4. The Morgan fingerprint density at radius 3 is 2.50 bits per heavy atom. The van der Waals surface area contributed by atoms with Crippen molar-refractivity contribution in [3.8, 4) is 0 Å². The van der Waals surface area contributed by atoms with Crippen molar-refractivity contribution in [1.29, 1.82) is 0 Å². The molecule has 0 aromatic heterocycles. The van der Waals surface area contributed by atoms with Gasteiger partial charge < -0.3 is 14.6 Å². The van der Waals surface area contributed by atoms with Gasteiger partial charge in [-0.15, -0.1) is 0 Å². The predicted octanol–water partition coefficient (Wildman–Crippen LogP) is 3.37. The molecule has 5 atom stereocenters. The summed E-state index contributed by atoms with van der Waals surface area (Å²) in [5, 5.41) is 10.4. The van der Waals surface area contributed by atoms with Crippen molar-refractivity contribution in [1.82, 2.24) is 0 Å². The standard InChI is InChI=1S/C17H30O3/c1-11(16(19-4)20-5)15(18)8-9-17(3)12(2)13-6-7-14(17)10-13/h11,13-16,18H,2,6-10H2,1,3-5H3/t11?,13-,14+,15?,17+/m1/s1. The van der Waals surface area contributed by atoms with Gasteiger partial charge in [0.2, 0.25) is 0 Å². The fourth-order valence-corrected chi connectivity index (χ4v) is 4.39. The molecule has 2 fully saturated rings. The molecule has 0 saturated heterocycles. The minimum atomic E-state index is -0.386. The molecule has 0 amide bonds. The van der Waals surface area contributed by atoms with Crippen molar-refractivity contribution in [3.05, 3.63) is 12.2 Å². The molecule has 0 aromatic carbocycles. The van der Waals surface area contributed by atoms with Crippen LogP contribution >= 0.6 is 0 Å². The number of hydrogen-bond acceptors (Lipinski definition) is 3. The van der Waals surface area contributed by atoms with E-state index in [-0.39, 0.29) is 23.7 Å². The van der Waals surface area contributed by atoms with Crippen LogP contribution in [-0.2, 0) is 9.47 Å². The van der Waals surface area contributed by atoms with Crippen LogP contribution < -0.4 is 0 Å². The Bertz CT molecular complexity index is 350. The molecule has 0 radical (unpaired) electrons. The van der Waals surface area contributed by atoms with Gasteiger partial charge in [-0.05, 0) is 49.4 Å². The predicted molar refractivity (Wildman–Crippen MR) is 80.3 cm³/mol. The van der Waals surface area contributed by atoms with Gasteiger partial charge in [0.1, 0.15) is 0 Å². The Kier molecular flexibility index (Phi) is 4.93. The van der Waals surface area contributed by atoms with Gasteiger partial charge in [-0.1, -0.05) is 26.0 Å². The highest BCUT2D eigenvalue weighted by molar-refractivity contribution is 5.24. The average molecular weight is 282 g/mol. The second kappa shape index (κ2) is 6.17. The van der Waals surface area contributed by atoms with Crippen LogP contribution in [0.3, 0.4) is 0 Å². The first-order valence-corrected chi connectivity index (χ1v) is 7.87. The Hall–Kier alpha value is -0.380. The van der Waals surface area contributed by atoms with Crippen molar-refractivity contribution < 1.29 is 14.6 Å². The fraction of sp³-hybridized carbons (Fsp3) is 0.882. The summed E-state index contributed by atoms with van der Waals surface area (Å²) in [6.45, 7) is 8.68. The number of aliphatic hydroxyl groups is 1. The van der Waals surface area contributed by atoms with E-state index in [4.69, 9.17) is 9.47 Å². The lowest BCUT2D eigenvalue weighted by Crippen LogP contribution is -2.34. The van der Waals surface area contributed by atoms with E-state index in [2.05, 4.69) is 13.5 Å². The van der Waals surface area contributed by atoms with E-state index in [1.165, 1.54) is 24.8 Å². The molecule has 3 heteroatoms. The van der Waals surface area contributed by atoms with E-state index in [0.717, 1.165) is 24.7 Å². The summed E-state index contributed by atoms with van der Waals surface area (Å²) < 4.78 is 10.5. The monoisotopic (exact) mass is 282 g/mol. The first kappa shape index (κ1) is 16.0. The quantitative estimate of drug-likeness (QED) is 0.575. The van der Waals surface area contributed by atoms with Crippen LogP contribution in [0.15, 0.2) is 12.2 Å². The number of fused-ring (bicyclic) bond motifs is 2. The third kappa shape index (κ3) is 2.68. The van der Waals surface area contributed by atoms with E-state index >= 15 is 0 Å². The third-order valence-corrected chi connectivity index (χ3v) is 6.02. The van der Waals surface area contributed by atoms with Crippen molar-refractivity contribution in [2.75, 3.05) is 14.2 Å². The minimum Gasteiger partial charge on any atom is -0.393 e. The maximum absolute atomic E-state index is 10.4. The summed E-state index contributed by atoms with van der Waals surface area (Å²) in [5.74, 6) is 1.51. The van der Waals surface area contributed by atoms with Crippen LogP contribution in [0.5, 0.6) is 0 Å². The lowest BCUT2D eigenvalue weighted by molar-refractivity contribution is -0.157. The van der Waals surface area contributed by atoms with Crippen LogP contribution in [0.1, 0.15) is 46.0 Å². The Morgan fingerprint density at radius 2 is 2.00 bits per heavy atom. The smallest absolute Gasteiger partial charge is 0.161 e. The number of allylic oxidation sites excluding steroid dienone is 1. The SMILES string of the molecule is C=C1[C@@H]2CC[C@@H](C2)[C@@]1(C)CCC(O)C(C)C(OC)OC. The van der Waals surface area contributed by atoms with Crippen molar-refractivity contribution in [3.63, 3.8) is 0 Å². The molecule has 0 heterocycles. The van der Waals surface area contributed by atoms with Crippen LogP contribution in [-0.4, -0.2) is 31.7 Å². The van der Waals surface area contributed by atoms with Gasteiger partial charge >= 0.3 is 0 Å². The van der Waals surface area contributed by atoms with Crippen molar-refractivity contribution in [2.24, 2.45) is 23.2 Å². The van der Waals surface area contributed by atoms with E-state index < -0.39 is 0 Å². The molecule has 1 N–H and O–H groups in total. The van der Waals surface area contributed by atoms with Gasteiger partial charge in [0, 0.05) is 20.1 Å². The zero-order valence-electron chi connectivity index (χ0n) is 13.4. The summed E-state index contributed by atoms with van der Waals surface area (Å²) in [6, 6.07) is 0. The zero-order chi connectivity index (χ0) is 14.9. The summed E-state index contributed by atoms with van der Waals surface area (Å²) in [7, 11) is 3.24. The topological polar surface area (TPSA) is 38.7 Å². The fourth-order valence-electron chi connectivity index (χ4n) is 4.39. The Morgan fingerprint density at radius 1 is 1.35 bits per heavy atom. The molecule has 2 saturated carbocycles.